The first-order valence-electron chi connectivity index (χ1n) is 4.85. The predicted octanol–water partition coefficient (Wildman–Crippen LogP) is 1.45. The average molecular weight is 203 g/mol. The number of hydrazone groups is 1. The number of fused-ring (bicyclic) bond motifs is 1. The van der Waals surface area contributed by atoms with E-state index in [1.807, 2.05) is 31.2 Å². The fourth-order valence-electron chi connectivity index (χ4n) is 1.83. The van der Waals surface area contributed by atoms with Gasteiger partial charge in [-0.3, -0.25) is 4.79 Å². The lowest BCUT2D eigenvalue weighted by Crippen LogP contribution is -2.15. The molecule has 0 spiro atoms. The van der Waals surface area contributed by atoms with E-state index in [1.54, 1.807) is 0 Å². The lowest BCUT2D eigenvalue weighted by Gasteiger charge is -2.06. The van der Waals surface area contributed by atoms with Gasteiger partial charge in [-0.25, -0.2) is 0 Å². The van der Waals surface area contributed by atoms with Gasteiger partial charge in [0, 0.05) is 17.8 Å². The Morgan fingerprint density at radius 3 is 3.00 bits per heavy atom. The van der Waals surface area contributed by atoms with Crippen LogP contribution in [0.4, 0.5) is 5.69 Å². The van der Waals surface area contributed by atoms with E-state index in [9.17, 15) is 4.79 Å². The molecule has 1 heterocycles. The first-order chi connectivity index (χ1) is 7.22. The van der Waals surface area contributed by atoms with Crippen molar-refractivity contribution >= 4 is 17.3 Å². The summed E-state index contributed by atoms with van der Waals surface area (Å²) in [5, 5.41) is 6.44. The van der Waals surface area contributed by atoms with Crippen molar-refractivity contribution in [2.24, 2.45) is 10.9 Å². The lowest BCUT2D eigenvalue weighted by atomic mass is 9.95. The average Bonchev–Trinajstić information content (AvgIpc) is 2.55. The van der Waals surface area contributed by atoms with E-state index >= 15 is 0 Å². The Balaban J connectivity index is 2.30. The second-order valence-corrected chi connectivity index (χ2v) is 3.70. The number of nitrogens with two attached hydrogens (primary N) is 1. The van der Waals surface area contributed by atoms with Gasteiger partial charge in [-0.05, 0) is 18.6 Å². The van der Waals surface area contributed by atoms with Gasteiger partial charge in [0.1, 0.15) is 0 Å². The molecule has 1 aliphatic rings. The number of nitrogens with one attached hydrogen (secondary N) is 1. The smallest absolute Gasteiger partial charge is 0.232 e. The van der Waals surface area contributed by atoms with Gasteiger partial charge in [0.15, 0.2) is 0 Å². The highest BCUT2D eigenvalue weighted by Gasteiger charge is 2.30. The number of rotatable bonds is 2. The lowest BCUT2D eigenvalue weighted by molar-refractivity contribution is -0.116. The third-order valence-corrected chi connectivity index (χ3v) is 2.63. The predicted molar refractivity (Wildman–Crippen MR) is 59.7 cm³/mol. The minimum absolute atomic E-state index is 0.0270. The van der Waals surface area contributed by atoms with Crippen molar-refractivity contribution in [1.82, 2.24) is 0 Å². The molecule has 0 saturated heterocycles. The number of amides is 1. The zero-order chi connectivity index (χ0) is 10.8. The highest BCUT2D eigenvalue weighted by atomic mass is 16.2. The Kier molecular flexibility index (Phi) is 2.41. The van der Waals surface area contributed by atoms with Crippen LogP contribution in [0.1, 0.15) is 24.8 Å². The maximum Gasteiger partial charge on any atom is 0.232 e. The molecule has 1 atom stereocenters. The summed E-state index contributed by atoms with van der Waals surface area (Å²) >= 11 is 0. The minimum atomic E-state index is -0.145. The summed E-state index contributed by atoms with van der Waals surface area (Å²) in [6.45, 7) is 1.83. The topological polar surface area (TPSA) is 67.5 Å². The molecular formula is C11H13N3O. The van der Waals surface area contributed by atoms with Crippen LogP contribution in [0.2, 0.25) is 0 Å². The second kappa shape index (κ2) is 3.73. The monoisotopic (exact) mass is 203 g/mol. The zero-order valence-corrected chi connectivity index (χ0v) is 8.53. The molecular weight excluding hydrogens is 190 g/mol. The number of carbonyl (C=O) groups excluding carboxylic acids is 1. The number of hydrogen-bond acceptors (Lipinski definition) is 3. The van der Waals surface area contributed by atoms with Crippen molar-refractivity contribution < 1.29 is 4.79 Å². The van der Waals surface area contributed by atoms with E-state index in [-0.39, 0.29) is 11.8 Å². The number of para-hydroxylation sites is 1. The third kappa shape index (κ3) is 1.70. The van der Waals surface area contributed by atoms with Crippen LogP contribution >= 0.6 is 0 Å². The zero-order valence-electron chi connectivity index (χ0n) is 8.53. The van der Waals surface area contributed by atoms with Crippen molar-refractivity contribution in [3.8, 4) is 0 Å². The summed E-state index contributed by atoms with van der Waals surface area (Å²) in [5.41, 5.74) is 2.72. The molecule has 0 aromatic heterocycles. The summed E-state index contributed by atoms with van der Waals surface area (Å²) in [7, 11) is 0. The number of carbonyl (C=O) groups is 1. The van der Waals surface area contributed by atoms with Crippen molar-refractivity contribution in [3.05, 3.63) is 29.8 Å². The molecule has 1 aromatic carbocycles. The van der Waals surface area contributed by atoms with Crippen LogP contribution in [0.3, 0.4) is 0 Å². The number of anilines is 1. The molecule has 1 unspecified atom stereocenters. The molecule has 3 N–H and O–H groups in total. The summed E-state index contributed by atoms with van der Waals surface area (Å²) in [5.74, 6) is 5.05. The second-order valence-electron chi connectivity index (χ2n) is 3.70. The molecule has 4 heteroatoms. The first-order valence-corrected chi connectivity index (χ1v) is 4.85. The van der Waals surface area contributed by atoms with E-state index < -0.39 is 0 Å². The number of hydrogen-bond donors (Lipinski definition) is 2. The van der Waals surface area contributed by atoms with E-state index in [2.05, 4.69) is 10.4 Å². The highest BCUT2D eigenvalue weighted by molar-refractivity contribution is 6.05. The Hall–Kier alpha value is -1.84. The van der Waals surface area contributed by atoms with Gasteiger partial charge in [-0.2, -0.15) is 5.10 Å². The number of nitrogens with zero attached hydrogens (tertiary/aromatic N) is 1. The van der Waals surface area contributed by atoms with Crippen LogP contribution in [0, 0.1) is 0 Å². The molecule has 15 heavy (non-hydrogen) atoms. The normalized spacial score (nSPS) is 19.9. The largest absolute Gasteiger partial charge is 0.325 e. The Morgan fingerprint density at radius 2 is 2.27 bits per heavy atom. The van der Waals surface area contributed by atoms with Gasteiger partial charge < -0.3 is 11.2 Å². The highest BCUT2D eigenvalue weighted by Crippen LogP contribution is 2.34. The van der Waals surface area contributed by atoms with Crippen molar-refractivity contribution in [2.75, 3.05) is 5.32 Å². The molecule has 1 aromatic rings. The van der Waals surface area contributed by atoms with Crippen molar-refractivity contribution in [1.29, 1.82) is 0 Å². The Labute approximate surface area is 88.2 Å². The van der Waals surface area contributed by atoms with Crippen LogP contribution in [-0.2, 0) is 4.79 Å². The van der Waals surface area contributed by atoms with E-state index in [0.29, 0.717) is 6.42 Å². The quantitative estimate of drug-likeness (QED) is 0.434. The van der Waals surface area contributed by atoms with Crippen LogP contribution < -0.4 is 11.2 Å². The summed E-state index contributed by atoms with van der Waals surface area (Å²) in [6, 6.07) is 7.70. The fraction of sp³-hybridized carbons (Fsp3) is 0.273. The summed E-state index contributed by atoms with van der Waals surface area (Å²) in [4.78, 5) is 11.7. The van der Waals surface area contributed by atoms with Crippen LogP contribution in [0.25, 0.3) is 0 Å². The maximum atomic E-state index is 11.7. The van der Waals surface area contributed by atoms with Crippen molar-refractivity contribution in [3.63, 3.8) is 0 Å². The molecule has 4 nitrogen and oxygen atoms in total. The Bertz CT molecular complexity index is 426. The van der Waals surface area contributed by atoms with Gasteiger partial charge in [-0.15, -0.1) is 0 Å². The molecule has 78 valence electrons. The van der Waals surface area contributed by atoms with Crippen LogP contribution in [0.5, 0.6) is 0 Å². The molecule has 1 aliphatic heterocycles. The van der Waals surface area contributed by atoms with E-state index in [0.717, 1.165) is 17.0 Å². The SMILES string of the molecule is C/C(CC1C(=O)Nc2ccccc21)=N\N. The van der Waals surface area contributed by atoms with Gasteiger partial charge >= 0.3 is 0 Å². The van der Waals surface area contributed by atoms with Gasteiger partial charge in [0.25, 0.3) is 0 Å². The standard InChI is InChI=1S/C11H13N3O/c1-7(14-12)6-9-8-4-2-3-5-10(8)13-11(9)15/h2-5,9H,6,12H2,1H3,(H,13,15)/b14-7+. The molecule has 1 amide bonds. The van der Waals surface area contributed by atoms with Crippen LogP contribution in [0.15, 0.2) is 29.4 Å². The molecule has 0 bridgehead atoms. The van der Waals surface area contributed by atoms with E-state index in [4.69, 9.17) is 5.84 Å². The molecule has 0 saturated carbocycles. The Morgan fingerprint density at radius 1 is 1.53 bits per heavy atom. The van der Waals surface area contributed by atoms with E-state index in [1.165, 1.54) is 0 Å². The van der Waals surface area contributed by atoms with Gasteiger partial charge in [0.05, 0.1) is 5.92 Å². The van der Waals surface area contributed by atoms with Gasteiger partial charge in [-0.1, -0.05) is 18.2 Å². The molecule has 0 fully saturated rings. The molecule has 0 radical (unpaired) electrons. The maximum absolute atomic E-state index is 11.7. The molecule has 2 rings (SSSR count). The van der Waals surface area contributed by atoms with Crippen molar-refractivity contribution in [2.45, 2.75) is 19.3 Å². The first kappa shape index (κ1) is 9.71. The third-order valence-electron chi connectivity index (χ3n) is 2.63. The molecule has 0 aliphatic carbocycles. The van der Waals surface area contributed by atoms with Crippen LogP contribution in [-0.4, -0.2) is 11.6 Å². The number of benzene rings is 1. The van der Waals surface area contributed by atoms with Gasteiger partial charge in [0.2, 0.25) is 5.91 Å². The summed E-state index contributed by atoms with van der Waals surface area (Å²) < 4.78 is 0. The minimum Gasteiger partial charge on any atom is -0.325 e. The summed E-state index contributed by atoms with van der Waals surface area (Å²) in [6.07, 6.45) is 0.583. The fourth-order valence-corrected chi connectivity index (χ4v) is 1.83.